The SMILES string of the molecule is C=C(CC[C@@]1(OC)O[C@H]2C[C@H]3[C@@H]4CC=C5C[C@@H](O)C[C@@H](O[C@@H]6OC[C@H](O)[C@H](O)[C@H]6O[C@@H]6O[C@@H](C)[C@H](O)[C@@H](O[C@@H]7O[C@H](CO)[C@@H](O)[C@H](O)[C@H]7O)[C@H]6O)[C@]5(C)[C@H]4CC[C@]3(C)[C@H]2[C@@H]1C)CO[C@@H]1O[C@H](CO)[C@@H](O)[C@H](O)[C@H]1O. The van der Waals surface area contributed by atoms with Gasteiger partial charge in [-0.15, -0.1) is 0 Å². The molecule has 3 saturated carbocycles. The second-order valence-electron chi connectivity index (χ2n) is 23.2. The highest BCUT2D eigenvalue weighted by atomic mass is 16.8. The molecule has 0 aromatic heterocycles. The Hall–Kier alpha value is -1.44. The first kappa shape index (κ1) is 57.3. The molecule has 0 radical (unpaired) electrons. The average molecular weight is 1060 g/mol. The maximum atomic E-state index is 11.6. The number of aliphatic hydroxyl groups excluding tert-OH is 13. The first-order valence-electron chi connectivity index (χ1n) is 26.5. The molecule has 8 fully saturated rings. The van der Waals surface area contributed by atoms with Crippen molar-refractivity contribution < 1.29 is 114 Å². The van der Waals surface area contributed by atoms with E-state index in [-0.39, 0.29) is 60.7 Å². The summed E-state index contributed by atoms with van der Waals surface area (Å²) in [4.78, 5) is 0. The maximum absolute atomic E-state index is 11.6. The number of ether oxygens (including phenoxy) is 10. The Kier molecular flexibility index (Phi) is 17.2. The molecule has 23 heteroatoms. The fourth-order valence-corrected chi connectivity index (χ4v) is 15.0. The van der Waals surface area contributed by atoms with E-state index in [1.54, 1.807) is 7.11 Å². The topological polar surface area (TPSA) is 355 Å². The van der Waals surface area contributed by atoms with Crippen LogP contribution in [-0.4, -0.2) is 241 Å². The quantitative estimate of drug-likeness (QED) is 0.0736. The minimum atomic E-state index is -1.84. The molecule has 23 nitrogen and oxygen atoms in total. The van der Waals surface area contributed by atoms with Crippen LogP contribution in [0.1, 0.15) is 79.1 Å². The van der Waals surface area contributed by atoms with Gasteiger partial charge in [0.2, 0.25) is 0 Å². The summed E-state index contributed by atoms with van der Waals surface area (Å²) >= 11 is 0. The highest BCUT2D eigenvalue weighted by Crippen LogP contribution is 2.70. The molecule has 0 amide bonds. The molecule has 0 bridgehead atoms. The monoisotopic (exact) mass is 1060 g/mol. The third kappa shape index (κ3) is 9.92. The molecule has 0 unspecified atom stereocenters. The van der Waals surface area contributed by atoms with E-state index in [0.717, 1.165) is 31.3 Å². The van der Waals surface area contributed by atoms with Gasteiger partial charge >= 0.3 is 0 Å². The summed E-state index contributed by atoms with van der Waals surface area (Å²) < 4.78 is 61.0. The Morgan fingerprint density at radius 2 is 1.35 bits per heavy atom. The van der Waals surface area contributed by atoms with E-state index < -0.39 is 153 Å². The standard InChI is InChI=1S/C51H82O23/c1-20(18-66-45-40(62)38(60)36(58)30(16-52)69-45)9-12-51(65-6)21(2)33-29(74-51)15-27-25-8-7-23-13-24(54)14-32(50(23,5)26(25)10-11-49(27,33)4)71-48-44(35(57)28(55)19-67-48)73-47-42(64)43(34(56)22(3)68-47)72-46-41(63)39(61)37(59)31(17-53)70-46/h7,21-22,24-48,52-64H,1,8-19H2,2-6H3/t21-,22-,24+,25+,26-,27-,28-,29-,30+,31+,32+,33-,34-,35-,36+,37+,38-,39-,40+,41+,42+,43+,44+,45+,46-,47-,48-,49-,50-,51+/m0/s1. The van der Waals surface area contributed by atoms with Crippen molar-refractivity contribution in [2.45, 2.75) is 220 Å². The van der Waals surface area contributed by atoms with Gasteiger partial charge in [-0.2, -0.15) is 0 Å². The first-order chi connectivity index (χ1) is 35.0. The lowest BCUT2D eigenvalue weighted by molar-refractivity contribution is -0.381. The van der Waals surface area contributed by atoms with Crippen LogP contribution in [0.3, 0.4) is 0 Å². The normalized spacial score (nSPS) is 54.4. The number of allylic oxidation sites excluding steroid dienone is 1. The molecule has 5 saturated heterocycles. The summed E-state index contributed by atoms with van der Waals surface area (Å²) in [6.07, 6.45) is -23.2. The van der Waals surface area contributed by atoms with E-state index in [9.17, 15) is 66.4 Å². The lowest BCUT2D eigenvalue weighted by Crippen LogP contribution is -2.65. The Bertz CT molecular complexity index is 1960. The Morgan fingerprint density at radius 3 is 2.01 bits per heavy atom. The smallest absolute Gasteiger partial charge is 0.187 e. The van der Waals surface area contributed by atoms with Gasteiger partial charge in [0.25, 0.3) is 0 Å². The van der Waals surface area contributed by atoms with Gasteiger partial charge in [0.1, 0.15) is 85.5 Å². The van der Waals surface area contributed by atoms with E-state index in [4.69, 9.17) is 47.4 Å². The van der Waals surface area contributed by atoms with E-state index >= 15 is 0 Å². The van der Waals surface area contributed by atoms with Gasteiger partial charge in [-0.05, 0) is 74.5 Å². The number of hydrogen-bond acceptors (Lipinski definition) is 23. The zero-order valence-corrected chi connectivity index (χ0v) is 42.8. The van der Waals surface area contributed by atoms with Crippen molar-refractivity contribution in [2.24, 2.45) is 40.4 Å². The summed E-state index contributed by atoms with van der Waals surface area (Å²) in [6.45, 7) is 10.8. The van der Waals surface area contributed by atoms with Crippen LogP contribution >= 0.6 is 0 Å². The van der Waals surface area contributed by atoms with Crippen LogP contribution in [-0.2, 0) is 47.4 Å². The molecule has 30 atom stereocenters. The minimum Gasteiger partial charge on any atom is -0.394 e. The molecular weight excluding hydrogens is 981 g/mol. The van der Waals surface area contributed by atoms with Gasteiger partial charge in [0.05, 0.1) is 50.8 Å². The molecular formula is C51H82O23. The van der Waals surface area contributed by atoms with Gasteiger partial charge in [-0.3, -0.25) is 0 Å². The number of methoxy groups -OCH3 is 1. The Labute approximate surface area is 430 Å². The van der Waals surface area contributed by atoms with Crippen LogP contribution < -0.4 is 0 Å². The Balaban J connectivity index is 0.874. The van der Waals surface area contributed by atoms with Crippen molar-refractivity contribution >= 4 is 0 Å². The van der Waals surface area contributed by atoms with Crippen molar-refractivity contribution in [2.75, 3.05) is 33.5 Å². The lowest BCUT2D eigenvalue weighted by atomic mass is 9.46. The van der Waals surface area contributed by atoms with Crippen LogP contribution in [0.25, 0.3) is 0 Å². The van der Waals surface area contributed by atoms with Crippen LogP contribution in [0, 0.1) is 40.4 Å². The van der Waals surface area contributed by atoms with Crippen LogP contribution in [0.4, 0.5) is 0 Å². The fraction of sp³-hybridized carbons (Fsp3) is 0.922. The summed E-state index contributed by atoms with van der Waals surface area (Å²) in [7, 11) is 1.66. The molecule has 0 spiro atoms. The molecule has 424 valence electrons. The minimum absolute atomic E-state index is 0.0101. The second-order valence-corrected chi connectivity index (χ2v) is 23.2. The van der Waals surface area contributed by atoms with E-state index in [1.165, 1.54) is 6.92 Å². The molecule has 5 aliphatic heterocycles. The summed E-state index contributed by atoms with van der Waals surface area (Å²) in [5, 5.41) is 138. The highest BCUT2D eigenvalue weighted by Gasteiger charge is 2.69. The van der Waals surface area contributed by atoms with Gasteiger partial charge in [-0.1, -0.05) is 44.6 Å². The summed E-state index contributed by atoms with van der Waals surface area (Å²) in [6, 6.07) is 0. The number of rotatable bonds is 15. The average Bonchev–Trinajstić information content (AvgIpc) is 3.84. The van der Waals surface area contributed by atoms with Gasteiger partial charge in [0, 0.05) is 31.3 Å². The van der Waals surface area contributed by atoms with E-state index in [2.05, 4.69) is 33.4 Å². The van der Waals surface area contributed by atoms with Gasteiger partial charge < -0.3 is 114 Å². The largest absolute Gasteiger partial charge is 0.394 e. The van der Waals surface area contributed by atoms with Crippen LogP contribution in [0.2, 0.25) is 0 Å². The van der Waals surface area contributed by atoms with Crippen molar-refractivity contribution in [3.05, 3.63) is 23.8 Å². The summed E-state index contributed by atoms with van der Waals surface area (Å²) in [5.74, 6) is -0.179. The predicted octanol–water partition coefficient (Wildman–Crippen LogP) is -2.82. The zero-order chi connectivity index (χ0) is 53.5. The van der Waals surface area contributed by atoms with Crippen molar-refractivity contribution in [1.29, 1.82) is 0 Å². The molecule has 9 aliphatic rings. The molecule has 13 N–H and O–H groups in total. The third-order valence-electron chi connectivity index (χ3n) is 19.2. The van der Waals surface area contributed by atoms with Gasteiger partial charge in [-0.25, -0.2) is 0 Å². The lowest BCUT2D eigenvalue weighted by Gasteiger charge is -2.60. The zero-order valence-electron chi connectivity index (χ0n) is 42.8. The van der Waals surface area contributed by atoms with E-state index in [1.807, 2.05) is 0 Å². The molecule has 0 aromatic carbocycles. The molecule has 9 rings (SSSR count). The van der Waals surface area contributed by atoms with Crippen molar-refractivity contribution in [1.82, 2.24) is 0 Å². The van der Waals surface area contributed by atoms with Crippen molar-refractivity contribution in [3.63, 3.8) is 0 Å². The van der Waals surface area contributed by atoms with Gasteiger partial charge in [0.15, 0.2) is 30.9 Å². The molecule has 74 heavy (non-hydrogen) atoms. The first-order valence-corrected chi connectivity index (χ1v) is 26.5. The Morgan fingerprint density at radius 1 is 0.716 bits per heavy atom. The molecule has 5 heterocycles. The van der Waals surface area contributed by atoms with Crippen molar-refractivity contribution in [3.8, 4) is 0 Å². The molecule has 0 aromatic rings. The highest BCUT2D eigenvalue weighted by molar-refractivity contribution is 5.29. The van der Waals surface area contributed by atoms with E-state index in [0.29, 0.717) is 24.8 Å². The third-order valence-corrected chi connectivity index (χ3v) is 19.2. The number of hydrogen-bond donors (Lipinski definition) is 13. The second kappa shape index (κ2) is 22.2. The maximum Gasteiger partial charge on any atom is 0.187 e. The fourth-order valence-electron chi connectivity index (χ4n) is 15.0. The summed E-state index contributed by atoms with van der Waals surface area (Å²) in [5.41, 5.74) is 1.01. The van der Waals surface area contributed by atoms with Crippen LogP contribution in [0.5, 0.6) is 0 Å². The molecule has 4 aliphatic carbocycles. The number of aliphatic hydroxyl groups is 13. The van der Waals surface area contributed by atoms with Crippen LogP contribution in [0.15, 0.2) is 23.8 Å². The predicted molar refractivity (Wildman–Crippen MR) is 250 cm³/mol. The number of fused-ring (bicyclic) bond motifs is 7.